The molecule has 0 spiro atoms. The van der Waals surface area contributed by atoms with E-state index in [1.54, 1.807) is 0 Å². The van der Waals surface area contributed by atoms with Crippen molar-refractivity contribution in [2.45, 2.75) is 65.6 Å². The van der Waals surface area contributed by atoms with Crippen molar-refractivity contribution in [2.24, 2.45) is 5.92 Å². The van der Waals surface area contributed by atoms with E-state index in [-0.39, 0.29) is 5.60 Å². The van der Waals surface area contributed by atoms with Gasteiger partial charge in [0.2, 0.25) is 0 Å². The van der Waals surface area contributed by atoms with E-state index in [1.807, 2.05) is 0 Å². The summed E-state index contributed by atoms with van der Waals surface area (Å²) in [4.78, 5) is 0. The topological polar surface area (TPSA) is 21.3 Å². The number of hydrogen-bond donors (Lipinski definition) is 1. The highest BCUT2D eigenvalue weighted by atomic mass is 16.5. The maximum Gasteiger partial charge on any atom is 0.123 e. The lowest BCUT2D eigenvalue weighted by Crippen LogP contribution is -2.31. The van der Waals surface area contributed by atoms with Crippen LogP contribution >= 0.6 is 0 Å². The molecule has 1 aromatic rings. The average molecular weight is 261 g/mol. The highest BCUT2D eigenvalue weighted by molar-refractivity contribution is 5.41. The summed E-state index contributed by atoms with van der Waals surface area (Å²) in [6.45, 7) is 12.1. The molecule has 2 unspecified atom stereocenters. The summed E-state index contributed by atoms with van der Waals surface area (Å²) in [5, 5.41) is 3.62. The van der Waals surface area contributed by atoms with Crippen molar-refractivity contribution in [3.05, 3.63) is 29.3 Å². The molecule has 0 amide bonds. The van der Waals surface area contributed by atoms with E-state index in [0.29, 0.717) is 6.04 Å². The Bertz CT molecular complexity index is 439. The third kappa shape index (κ3) is 3.50. The lowest BCUT2D eigenvalue weighted by Gasteiger charge is -2.20. The Morgan fingerprint density at radius 3 is 2.74 bits per heavy atom. The quantitative estimate of drug-likeness (QED) is 0.867. The van der Waals surface area contributed by atoms with Crippen molar-refractivity contribution < 1.29 is 4.74 Å². The van der Waals surface area contributed by atoms with E-state index in [2.05, 4.69) is 58.1 Å². The van der Waals surface area contributed by atoms with Gasteiger partial charge in [0.15, 0.2) is 0 Å². The summed E-state index contributed by atoms with van der Waals surface area (Å²) < 4.78 is 5.91. The molecule has 2 rings (SSSR count). The summed E-state index contributed by atoms with van der Waals surface area (Å²) in [6.07, 6.45) is 2.23. The molecule has 2 nitrogen and oxygen atoms in total. The molecule has 0 radical (unpaired) electrons. The van der Waals surface area contributed by atoms with Crippen molar-refractivity contribution >= 4 is 0 Å². The SMILES string of the molecule is CCC(C)C(C)NCc1ccc2c(c1)CC(C)(C)O2. The van der Waals surface area contributed by atoms with Crippen molar-refractivity contribution in [2.75, 3.05) is 0 Å². The Morgan fingerprint density at radius 2 is 2.05 bits per heavy atom. The fourth-order valence-corrected chi connectivity index (χ4v) is 2.61. The van der Waals surface area contributed by atoms with Crippen LogP contribution < -0.4 is 10.1 Å². The molecule has 1 aromatic carbocycles. The second-order valence-corrected chi connectivity index (χ2v) is 6.54. The van der Waals surface area contributed by atoms with Crippen LogP contribution in [0.3, 0.4) is 0 Å². The van der Waals surface area contributed by atoms with Gasteiger partial charge in [-0.25, -0.2) is 0 Å². The number of hydrogen-bond acceptors (Lipinski definition) is 2. The first-order valence-corrected chi connectivity index (χ1v) is 7.45. The zero-order chi connectivity index (χ0) is 14.0. The molecule has 19 heavy (non-hydrogen) atoms. The van der Waals surface area contributed by atoms with Gasteiger partial charge in [-0.15, -0.1) is 0 Å². The third-order valence-corrected chi connectivity index (χ3v) is 4.25. The number of fused-ring (bicyclic) bond motifs is 1. The van der Waals surface area contributed by atoms with E-state index in [0.717, 1.165) is 24.6 Å². The van der Waals surface area contributed by atoms with Gasteiger partial charge in [0.05, 0.1) is 0 Å². The van der Waals surface area contributed by atoms with E-state index in [4.69, 9.17) is 4.74 Å². The molecular weight excluding hydrogens is 234 g/mol. The normalized spacial score (nSPS) is 19.6. The average Bonchev–Trinajstić information content (AvgIpc) is 2.67. The monoisotopic (exact) mass is 261 g/mol. The van der Waals surface area contributed by atoms with Gasteiger partial charge in [0, 0.05) is 19.0 Å². The predicted molar refractivity (Wildman–Crippen MR) is 80.6 cm³/mol. The lowest BCUT2D eigenvalue weighted by molar-refractivity contribution is 0.138. The fraction of sp³-hybridized carbons (Fsp3) is 0.647. The van der Waals surface area contributed by atoms with Crippen LogP contribution in [0.4, 0.5) is 0 Å². The number of rotatable bonds is 5. The van der Waals surface area contributed by atoms with Gasteiger partial charge in [0.1, 0.15) is 11.4 Å². The van der Waals surface area contributed by atoms with Gasteiger partial charge in [0.25, 0.3) is 0 Å². The second kappa shape index (κ2) is 5.54. The van der Waals surface area contributed by atoms with Crippen LogP contribution in [-0.2, 0) is 13.0 Å². The maximum absolute atomic E-state index is 5.91. The Labute approximate surface area is 117 Å². The van der Waals surface area contributed by atoms with Gasteiger partial charge in [-0.05, 0) is 43.9 Å². The van der Waals surface area contributed by atoms with Crippen LogP contribution in [0.1, 0.15) is 52.2 Å². The van der Waals surface area contributed by atoms with Crippen molar-refractivity contribution in [1.82, 2.24) is 5.32 Å². The molecule has 0 bridgehead atoms. The first kappa shape index (κ1) is 14.4. The van der Waals surface area contributed by atoms with Crippen molar-refractivity contribution in [3.8, 4) is 5.75 Å². The molecule has 0 aromatic heterocycles. The van der Waals surface area contributed by atoms with Crippen molar-refractivity contribution in [3.63, 3.8) is 0 Å². The fourth-order valence-electron chi connectivity index (χ4n) is 2.61. The van der Waals surface area contributed by atoms with Gasteiger partial charge >= 0.3 is 0 Å². The molecule has 1 heterocycles. The van der Waals surface area contributed by atoms with Gasteiger partial charge in [-0.1, -0.05) is 32.4 Å². The summed E-state index contributed by atoms with van der Waals surface area (Å²) in [7, 11) is 0. The summed E-state index contributed by atoms with van der Waals surface area (Å²) >= 11 is 0. The van der Waals surface area contributed by atoms with Crippen LogP contribution in [0.2, 0.25) is 0 Å². The molecule has 1 N–H and O–H groups in total. The minimum atomic E-state index is -0.0433. The molecule has 2 heteroatoms. The number of benzene rings is 1. The second-order valence-electron chi connectivity index (χ2n) is 6.54. The van der Waals surface area contributed by atoms with E-state index in [9.17, 15) is 0 Å². The Balaban J connectivity index is 1.97. The standard InChI is InChI=1S/C17H27NO/c1-6-12(2)13(3)18-11-14-7-8-16-15(9-14)10-17(4,5)19-16/h7-9,12-13,18H,6,10-11H2,1-5H3. The molecule has 0 fully saturated rings. The minimum absolute atomic E-state index is 0.0433. The molecular formula is C17H27NO. The smallest absolute Gasteiger partial charge is 0.123 e. The Hall–Kier alpha value is -1.02. The van der Waals surface area contributed by atoms with Gasteiger partial charge in [-0.2, -0.15) is 0 Å². The molecule has 1 aliphatic rings. The minimum Gasteiger partial charge on any atom is -0.487 e. The highest BCUT2D eigenvalue weighted by Gasteiger charge is 2.29. The van der Waals surface area contributed by atoms with Crippen LogP contribution in [0.5, 0.6) is 5.75 Å². The molecule has 1 aliphatic heterocycles. The third-order valence-electron chi connectivity index (χ3n) is 4.25. The van der Waals surface area contributed by atoms with Crippen LogP contribution in [0.15, 0.2) is 18.2 Å². The zero-order valence-electron chi connectivity index (χ0n) is 12.9. The Kier molecular flexibility index (Phi) is 4.19. The number of ether oxygens (including phenoxy) is 1. The first-order valence-electron chi connectivity index (χ1n) is 7.45. The van der Waals surface area contributed by atoms with Crippen LogP contribution in [0.25, 0.3) is 0 Å². The van der Waals surface area contributed by atoms with Gasteiger partial charge in [-0.3, -0.25) is 0 Å². The molecule has 0 saturated heterocycles. The van der Waals surface area contributed by atoms with Crippen LogP contribution in [0, 0.1) is 5.92 Å². The van der Waals surface area contributed by atoms with E-state index < -0.39 is 0 Å². The largest absolute Gasteiger partial charge is 0.487 e. The predicted octanol–water partition coefficient (Wildman–Crippen LogP) is 3.92. The van der Waals surface area contributed by atoms with E-state index in [1.165, 1.54) is 17.5 Å². The molecule has 0 aliphatic carbocycles. The lowest BCUT2D eigenvalue weighted by atomic mass is 9.99. The van der Waals surface area contributed by atoms with E-state index >= 15 is 0 Å². The summed E-state index contributed by atoms with van der Waals surface area (Å²) in [5.41, 5.74) is 2.66. The summed E-state index contributed by atoms with van der Waals surface area (Å²) in [6, 6.07) is 7.15. The number of nitrogens with one attached hydrogen (secondary N) is 1. The highest BCUT2D eigenvalue weighted by Crippen LogP contribution is 2.35. The van der Waals surface area contributed by atoms with Crippen molar-refractivity contribution in [1.29, 1.82) is 0 Å². The van der Waals surface area contributed by atoms with Crippen LogP contribution in [-0.4, -0.2) is 11.6 Å². The molecule has 106 valence electrons. The Morgan fingerprint density at radius 1 is 1.32 bits per heavy atom. The summed E-state index contributed by atoms with van der Waals surface area (Å²) in [5.74, 6) is 1.78. The maximum atomic E-state index is 5.91. The zero-order valence-corrected chi connectivity index (χ0v) is 12.9. The first-order chi connectivity index (χ1) is 8.91. The van der Waals surface area contributed by atoms with Gasteiger partial charge < -0.3 is 10.1 Å². The molecule has 2 atom stereocenters. The molecule has 0 saturated carbocycles.